The molecule has 3 nitrogen and oxygen atoms in total. The van der Waals surface area contributed by atoms with E-state index >= 15 is 0 Å². The fourth-order valence-electron chi connectivity index (χ4n) is 3.49. The zero-order chi connectivity index (χ0) is 11.1. The van der Waals surface area contributed by atoms with Gasteiger partial charge >= 0.3 is 0 Å². The summed E-state index contributed by atoms with van der Waals surface area (Å²) >= 11 is 0. The Balaban J connectivity index is 1.84. The highest BCUT2D eigenvalue weighted by Gasteiger charge is 2.43. The highest BCUT2D eigenvalue weighted by Crippen LogP contribution is 2.42. The molecule has 2 fully saturated rings. The van der Waals surface area contributed by atoms with Gasteiger partial charge in [0.2, 0.25) is 0 Å². The van der Waals surface area contributed by atoms with Crippen LogP contribution in [0.25, 0.3) is 0 Å². The van der Waals surface area contributed by atoms with Crippen LogP contribution in [0.3, 0.4) is 0 Å². The number of hydrogen-bond donors (Lipinski definition) is 1. The minimum absolute atomic E-state index is 0.130. The molecule has 2 N–H and O–H groups in total. The van der Waals surface area contributed by atoms with E-state index in [1.165, 1.54) is 25.8 Å². The second-order valence-corrected chi connectivity index (χ2v) is 5.35. The Morgan fingerprint density at radius 3 is 2.88 bits per heavy atom. The number of piperidine rings is 1. The first-order valence-electron chi connectivity index (χ1n) is 6.30. The van der Waals surface area contributed by atoms with E-state index < -0.39 is 0 Å². The summed E-state index contributed by atoms with van der Waals surface area (Å²) in [6, 6.07) is 5.15. The molecule has 4 atom stereocenters. The molecule has 1 aromatic rings. The van der Waals surface area contributed by atoms with Gasteiger partial charge in [0.05, 0.1) is 12.3 Å². The van der Waals surface area contributed by atoms with Crippen LogP contribution >= 0.6 is 0 Å². The Kier molecular flexibility index (Phi) is 2.52. The molecule has 2 bridgehead atoms. The molecule has 0 spiro atoms. The average Bonchev–Trinajstić information content (AvgIpc) is 2.91. The van der Waals surface area contributed by atoms with Crippen LogP contribution < -0.4 is 5.73 Å². The van der Waals surface area contributed by atoms with Crippen molar-refractivity contribution in [3.8, 4) is 0 Å². The minimum Gasteiger partial charge on any atom is -0.468 e. The maximum atomic E-state index is 6.14. The van der Waals surface area contributed by atoms with Crippen LogP contribution in [0.2, 0.25) is 0 Å². The number of fused-ring (bicyclic) bond motifs is 2. The Morgan fingerprint density at radius 1 is 1.50 bits per heavy atom. The van der Waals surface area contributed by atoms with Crippen LogP contribution in [-0.4, -0.2) is 23.5 Å². The van der Waals surface area contributed by atoms with E-state index in [2.05, 4.69) is 17.9 Å². The van der Waals surface area contributed by atoms with Gasteiger partial charge in [0.1, 0.15) is 5.76 Å². The van der Waals surface area contributed by atoms with Gasteiger partial charge in [0, 0.05) is 18.6 Å². The number of nitrogens with zero attached hydrogens (tertiary/aromatic N) is 1. The van der Waals surface area contributed by atoms with Crippen molar-refractivity contribution >= 4 is 0 Å². The van der Waals surface area contributed by atoms with Gasteiger partial charge in [-0.1, -0.05) is 0 Å². The summed E-state index contributed by atoms with van der Waals surface area (Å²) in [5, 5.41) is 0. The molecule has 3 heteroatoms. The lowest BCUT2D eigenvalue weighted by Gasteiger charge is -2.35. The molecule has 1 aliphatic carbocycles. The normalized spacial score (nSPS) is 33.1. The second kappa shape index (κ2) is 3.90. The summed E-state index contributed by atoms with van der Waals surface area (Å²) in [5.74, 6) is 1.93. The Hall–Kier alpha value is -0.800. The SMILES string of the molecule is CC(N)C(c1ccco1)N1CC2CCC1C2. The van der Waals surface area contributed by atoms with Crippen LogP contribution in [0.15, 0.2) is 22.8 Å². The van der Waals surface area contributed by atoms with E-state index in [9.17, 15) is 0 Å². The summed E-state index contributed by atoms with van der Waals surface area (Å²) in [4.78, 5) is 2.57. The van der Waals surface area contributed by atoms with Gasteiger partial charge in [-0.2, -0.15) is 0 Å². The molecule has 2 heterocycles. The van der Waals surface area contributed by atoms with Gasteiger partial charge in [-0.3, -0.25) is 4.90 Å². The van der Waals surface area contributed by atoms with Crippen molar-refractivity contribution in [2.75, 3.05) is 6.54 Å². The molecule has 2 aliphatic rings. The fourth-order valence-corrected chi connectivity index (χ4v) is 3.49. The molecule has 0 aromatic carbocycles. The lowest BCUT2D eigenvalue weighted by molar-refractivity contribution is 0.116. The van der Waals surface area contributed by atoms with E-state index in [-0.39, 0.29) is 12.1 Å². The van der Waals surface area contributed by atoms with E-state index in [0.717, 1.165) is 17.7 Å². The largest absolute Gasteiger partial charge is 0.468 e. The van der Waals surface area contributed by atoms with E-state index in [4.69, 9.17) is 10.2 Å². The van der Waals surface area contributed by atoms with E-state index in [0.29, 0.717) is 0 Å². The molecule has 1 aliphatic heterocycles. The molecular formula is C13H20N2O. The Bertz CT molecular complexity index is 347. The number of nitrogens with two attached hydrogens (primary N) is 1. The molecule has 4 unspecified atom stereocenters. The third-order valence-corrected chi connectivity index (χ3v) is 4.14. The Labute approximate surface area is 96.6 Å². The molecule has 1 saturated heterocycles. The van der Waals surface area contributed by atoms with Crippen molar-refractivity contribution in [3.05, 3.63) is 24.2 Å². The summed E-state index contributed by atoms with van der Waals surface area (Å²) in [6.07, 6.45) is 5.86. The van der Waals surface area contributed by atoms with Crippen LogP contribution in [0.1, 0.15) is 38.0 Å². The quantitative estimate of drug-likeness (QED) is 0.848. The number of furan rings is 1. The molecule has 1 saturated carbocycles. The van der Waals surface area contributed by atoms with Crippen LogP contribution in [0.4, 0.5) is 0 Å². The molecule has 88 valence electrons. The van der Waals surface area contributed by atoms with Gasteiger partial charge in [0.25, 0.3) is 0 Å². The monoisotopic (exact) mass is 220 g/mol. The Morgan fingerprint density at radius 2 is 2.38 bits per heavy atom. The topological polar surface area (TPSA) is 42.4 Å². The smallest absolute Gasteiger partial charge is 0.122 e. The third-order valence-electron chi connectivity index (χ3n) is 4.14. The zero-order valence-electron chi connectivity index (χ0n) is 9.80. The predicted octanol–water partition coefficient (Wildman–Crippen LogP) is 2.15. The standard InChI is InChI=1S/C13H20N2O/c1-9(14)13(12-3-2-6-16-12)15-8-10-4-5-11(15)7-10/h2-3,6,9-11,13H,4-5,7-8,14H2,1H3. The number of likely N-dealkylation sites (tertiary alicyclic amines) is 1. The molecule has 3 rings (SSSR count). The summed E-state index contributed by atoms with van der Waals surface area (Å²) in [5.41, 5.74) is 6.14. The van der Waals surface area contributed by atoms with Crippen molar-refractivity contribution in [3.63, 3.8) is 0 Å². The minimum atomic E-state index is 0.130. The third kappa shape index (κ3) is 1.59. The second-order valence-electron chi connectivity index (χ2n) is 5.35. The van der Waals surface area contributed by atoms with Crippen LogP contribution in [0.5, 0.6) is 0 Å². The van der Waals surface area contributed by atoms with Crippen LogP contribution in [-0.2, 0) is 0 Å². The molecule has 0 amide bonds. The van der Waals surface area contributed by atoms with Crippen molar-refractivity contribution in [1.29, 1.82) is 0 Å². The van der Waals surface area contributed by atoms with E-state index in [1.807, 2.05) is 6.07 Å². The van der Waals surface area contributed by atoms with Gasteiger partial charge in [-0.05, 0) is 44.2 Å². The molecule has 1 aromatic heterocycles. The lowest BCUT2D eigenvalue weighted by atomic mass is 10.0. The van der Waals surface area contributed by atoms with Gasteiger partial charge < -0.3 is 10.2 Å². The molecular weight excluding hydrogens is 200 g/mol. The fraction of sp³-hybridized carbons (Fsp3) is 0.692. The van der Waals surface area contributed by atoms with Gasteiger partial charge in [-0.25, -0.2) is 0 Å². The highest BCUT2D eigenvalue weighted by atomic mass is 16.3. The van der Waals surface area contributed by atoms with E-state index in [1.54, 1.807) is 6.26 Å². The molecule has 16 heavy (non-hydrogen) atoms. The zero-order valence-corrected chi connectivity index (χ0v) is 9.80. The van der Waals surface area contributed by atoms with Crippen LogP contribution in [0, 0.1) is 5.92 Å². The maximum Gasteiger partial charge on any atom is 0.122 e. The first-order chi connectivity index (χ1) is 7.75. The lowest BCUT2D eigenvalue weighted by Crippen LogP contribution is -2.43. The number of hydrogen-bond acceptors (Lipinski definition) is 3. The van der Waals surface area contributed by atoms with Gasteiger partial charge in [0.15, 0.2) is 0 Å². The average molecular weight is 220 g/mol. The van der Waals surface area contributed by atoms with Crippen molar-refractivity contribution in [1.82, 2.24) is 4.90 Å². The highest BCUT2D eigenvalue weighted by molar-refractivity contribution is 5.10. The van der Waals surface area contributed by atoms with Crippen molar-refractivity contribution in [2.45, 2.75) is 44.3 Å². The van der Waals surface area contributed by atoms with Gasteiger partial charge in [-0.15, -0.1) is 0 Å². The predicted molar refractivity (Wildman–Crippen MR) is 62.9 cm³/mol. The molecule has 0 radical (unpaired) electrons. The maximum absolute atomic E-state index is 6.14. The van der Waals surface area contributed by atoms with Crippen molar-refractivity contribution in [2.24, 2.45) is 11.7 Å². The first-order valence-corrected chi connectivity index (χ1v) is 6.30. The summed E-state index contributed by atoms with van der Waals surface area (Å²) < 4.78 is 5.56. The van der Waals surface area contributed by atoms with Crippen molar-refractivity contribution < 1.29 is 4.42 Å². The summed E-state index contributed by atoms with van der Waals surface area (Å²) in [7, 11) is 0. The number of rotatable bonds is 3. The summed E-state index contributed by atoms with van der Waals surface area (Å²) in [6.45, 7) is 3.29. The first kappa shape index (κ1) is 10.4.